The van der Waals surface area contributed by atoms with Gasteiger partial charge in [-0.1, -0.05) is 55.3 Å². The van der Waals surface area contributed by atoms with Crippen LogP contribution in [0.15, 0.2) is 58.7 Å². The van der Waals surface area contributed by atoms with Crippen molar-refractivity contribution >= 4 is 5.97 Å². The molecule has 126 valence electrons. The summed E-state index contributed by atoms with van der Waals surface area (Å²) in [5, 5.41) is 0. The van der Waals surface area contributed by atoms with E-state index in [1.165, 1.54) is 37.2 Å². The van der Waals surface area contributed by atoms with Gasteiger partial charge in [0.1, 0.15) is 0 Å². The molecule has 23 heavy (non-hydrogen) atoms. The minimum atomic E-state index is -0.516. The van der Waals surface area contributed by atoms with Crippen LogP contribution >= 0.6 is 0 Å². The normalized spacial score (nSPS) is 21.8. The Bertz CT molecular complexity index is 674. The monoisotopic (exact) mass is 318 g/mol. The van der Waals surface area contributed by atoms with Crippen LogP contribution in [-0.2, 0) is 9.53 Å². The highest BCUT2D eigenvalue weighted by molar-refractivity contribution is 5.83. The number of esters is 1. The summed E-state index contributed by atoms with van der Waals surface area (Å²) < 4.78 is 20.6. The van der Waals surface area contributed by atoms with Crippen molar-refractivity contribution < 1.29 is 12.3 Å². The highest BCUT2D eigenvalue weighted by Gasteiger charge is 2.26. The topological polar surface area (TPSA) is 26.3 Å². The Kier molecular flexibility index (Phi) is 6.08. The third-order valence-electron chi connectivity index (χ3n) is 4.16. The van der Waals surface area contributed by atoms with E-state index in [0.717, 1.165) is 12.0 Å². The number of carbonyl (C=O) groups is 1. The van der Waals surface area contributed by atoms with E-state index in [4.69, 9.17) is 2.74 Å². The van der Waals surface area contributed by atoms with Gasteiger partial charge in [-0.2, -0.15) is 0 Å². The van der Waals surface area contributed by atoms with E-state index >= 15 is 0 Å². The first-order valence-electron chi connectivity index (χ1n) is 9.09. The molecule has 0 bridgehead atoms. The van der Waals surface area contributed by atoms with Gasteiger partial charge >= 0.3 is 5.97 Å². The molecule has 0 aromatic heterocycles. The fourth-order valence-corrected chi connectivity index (χ4v) is 2.81. The Balaban J connectivity index is 3.02. The van der Waals surface area contributed by atoms with E-state index in [9.17, 15) is 4.79 Å². The van der Waals surface area contributed by atoms with Crippen molar-refractivity contribution in [2.24, 2.45) is 5.41 Å². The van der Waals surface area contributed by atoms with Crippen LogP contribution in [0.1, 0.15) is 56.6 Å². The lowest BCUT2D eigenvalue weighted by Crippen LogP contribution is -2.19. The molecule has 0 atom stereocenters. The second-order valence-corrected chi connectivity index (χ2v) is 6.77. The number of allylic oxidation sites excluding steroid dienone is 9. The third-order valence-corrected chi connectivity index (χ3v) is 4.16. The first kappa shape index (κ1) is 16.0. The van der Waals surface area contributed by atoms with E-state index in [0.29, 0.717) is 5.57 Å². The Morgan fingerprint density at radius 2 is 2.00 bits per heavy atom. The van der Waals surface area contributed by atoms with E-state index in [1.807, 2.05) is 13.0 Å². The number of hydrogen-bond donors (Lipinski definition) is 0. The van der Waals surface area contributed by atoms with E-state index in [2.05, 4.69) is 31.6 Å². The van der Waals surface area contributed by atoms with Gasteiger partial charge in [-0.25, -0.2) is 4.79 Å². The Morgan fingerprint density at radius 3 is 2.61 bits per heavy atom. The lowest BCUT2D eigenvalue weighted by atomic mass is 9.72. The van der Waals surface area contributed by atoms with Crippen molar-refractivity contribution in [2.45, 2.75) is 53.9 Å². The summed E-state index contributed by atoms with van der Waals surface area (Å²) in [4.78, 5) is 11.2. The van der Waals surface area contributed by atoms with Crippen LogP contribution in [0.4, 0.5) is 0 Å². The molecule has 1 aliphatic rings. The molecule has 0 unspecified atom stereocenters. The first-order valence-corrected chi connectivity index (χ1v) is 8.09. The molecular weight excluding hydrogens is 284 g/mol. The maximum absolute atomic E-state index is 11.2. The summed E-state index contributed by atoms with van der Waals surface area (Å²) in [7, 11) is 1.29. The summed E-state index contributed by atoms with van der Waals surface area (Å²) in [6.45, 7) is 10.3. The Labute approximate surface area is 144 Å². The highest BCUT2D eigenvalue weighted by atomic mass is 16.5. The number of rotatable bonds is 5. The molecule has 0 saturated heterocycles. The van der Waals surface area contributed by atoms with Gasteiger partial charge in [-0.3, -0.25) is 0 Å². The fraction of sp³-hybridized carbons (Fsp3) is 0.476. The van der Waals surface area contributed by atoms with Crippen LogP contribution in [-0.4, -0.2) is 13.1 Å². The summed E-state index contributed by atoms with van der Waals surface area (Å²) in [6, 6.07) is 0.0972. The van der Waals surface area contributed by atoms with E-state index in [1.54, 1.807) is 13.0 Å². The van der Waals surface area contributed by atoms with Crippen molar-refractivity contribution in [2.75, 3.05) is 7.11 Å². The minimum absolute atomic E-state index is 0.0199. The summed E-state index contributed by atoms with van der Waals surface area (Å²) >= 11 is 0. The second-order valence-electron chi connectivity index (χ2n) is 6.77. The fourth-order valence-electron chi connectivity index (χ4n) is 2.81. The van der Waals surface area contributed by atoms with Crippen molar-refractivity contribution in [1.29, 1.82) is 0 Å². The summed E-state index contributed by atoms with van der Waals surface area (Å²) in [5.41, 5.74) is 4.30. The first-order chi connectivity index (χ1) is 11.6. The van der Waals surface area contributed by atoms with Gasteiger partial charge in [0.2, 0.25) is 0 Å². The van der Waals surface area contributed by atoms with Gasteiger partial charge in [-0.05, 0) is 56.6 Å². The zero-order valence-corrected chi connectivity index (χ0v) is 15.2. The van der Waals surface area contributed by atoms with Gasteiger partial charge in [0.15, 0.2) is 0 Å². The minimum Gasteiger partial charge on any atom is -0.466 e. The van der Waals surface area contributed by atoms with Crippen molar-refractivity contribution in [3.8, 4) is 0 Å². The zero-order valence-electron chi connectivity index (χ0n) is 17.2. The summed E-state index contributed by atoms with van der Waals surface area (Å²) in [6.07, 6.45) is 10.6. The van der Waals surface area contributed by atoms with Gasteiger partial charge < -0.3 is 4.74 Å². The van der Waals surface area contributed by atoms with Gasteiger partial charge in [0.05, 0.1) is 9.85 Å². The zero-order chi connectivity index (χ0) is 19.2. The number of carbonyl (C=O) groups excluding carboxylic acids is 1. The molecule has 1 rings (SSSR count). The highest BCUT2D eigenvalue weighted by Crippen LogP contribution is 2.40. The summed E-state index contributed by atoms with van der Waals surface area (Å²) in [5.74, 6) is -0.516. The molecule has 0 heterocycles. The Morgan fingerprint density at radius 1 is 1.30 bits per heavy atom. The van der Waals surface area contributed by atoms with Crippen LogP contribution < -0.4 is 0 Å². The van der Waals surface area contributed by atoms with Crippen molar-refractivity contribution in [1.82, 2.24) is 0 Å². The van der Waals surface area contributed by atoms with Crippen LogP contribution in [0, 0.1) is 5.41 Å². The molecule has 0 N–H and O–H groups in total. The lowest BCUT2D eigenvalue weighted by Gasteiger charge is -2.32. The van der Waals surface area contributed by atoms with Crippen molar-refractivity contribution in [3.63, 3.8) is 0 Å². The molecule has 0 fully saturated rings. The number of hydrogen-bond acceptors (Lipinski definition) is 2. The third kappa shape index (κ3) is 6.43. The van der Waals surface area contributed by atoms with Gasteiger partial charge in [-0.15, -0.1) is 0 Å². The molecule has 2 heteroatoms. The average Bonchev–Trinajstić information content (AvgIpc) is 2.52. The SMILES string of the molecule is [3H]C(/C=C(C)\C=C\C1=C(C)CCCC1(C)C)=C([3H])\C(C)=C\C(=O)OC. The standard InChI is InChI=1S/C21H30O2/c1-16(9-7-10-17(2)15-20(22)23-6)12-13-19-18(3)11-8-14-21(19,4)5/h7,9-10,12-13,15H,8,11,14H2,1-6H3/b10-7+,13-12+,16-9-,17-15+/i7T,10T. The molecule has 0 saturated carbocycles. The van der Waals surface area contributed by atoms with Gasteiger partial charge in [0, 0.05) is 6.08 Å². The number of methoxy groups -OCH3 is 1. The van der Waals surface area contributed by atoms with E-state index < -0.39 is 5.97 Å². The Hall–Kier alpha value is -1.83. The van der Waals surface area contributed by atoms with Crippen LogP contribution in [0.5, 0.6) is 0 Å². The molecule has 0 radical (unpaired) electrons. The van der Waals surface area contributed by atoms with E-state index in [-0.39, 0.29) is 17.5 Å². The molecule has 1 aliphatic carbocycles. The van der Waals surface area contributed by atoms with Crippen LogP contribution in [0.25, 0.3) is 0 Å². The maximum atomic E-state index is 11.2. The van der Waals surface area contributed by atoms with Crippen LogP contribution in [0.2, 0.25) is 0 Å². The largest absolute Gasteiger partial charge is 0.466 e. The molecule has 0 amide bonds. The molecule has 2 nitrogen and oxygen atoms in total. The van der Waals surface area contributed by atoms with Crippen LogP contribution in [0.3, 0.4) is 0 Å². The molecule has 0 aromatic carbocycles. The number of ether oxygens (including phenoxy) is 1. The van der Waals surface area contributed by atoms with Gasteiger partial charge in [0.25, 0.3) is 0 Å². The average molecular weight is 318 g/mol. The smallest absolute Gasteiger partial charge is 0.330 e. The quantitative estimate of drug-likeness (QED) is 0.370. The van der Waals surface area contributed by atoms with Crippen molar-refractivity contribution in [3.05, 3.63) is 58.7 Å². The predicted molar refractivity (Wildman–Crippen MR) is 98.1 cm³/mol. The predicted octanol–water partition coefficient (Wildman–Crippen LogP) is 5.69. The molecular formula is C21H30O2. The second kappa shape index (κ2) is 8.71. The lowest BCUT2D eigenvalue weighted by molar-refractivity contribution is -0.134. The molecule has 0 aliphatic heterocycles. The molecule has 0 aromatic rings. The maximum Gasteiger partial charge on any atom is 0.330 e. The molecule has 0 spiro atoms.